The van der Waals surface area contributed by atoms with E-state index in [0.717, 1.165) is 24.2 Å². The van der Waals surface area contributed by atoms with Gasteiger partial charge in [-0.25, -0.2) is 9.97 Å². The minimum Gasteiger partial charge on any atom is -0.326 e. The van der Waals surface area contributed by atoms with Crippen molar-refractivity contribution in [2.75, 3.05) is 19.4 Å². The molecule has 0 bridgehead atoms. The zero-order chi connectivity index (χ0) is 17.5. The maximum absolute atomic E-state index is 12.1. The molecule has 0 aliphatic rings. The van der Waals surface area contributed by atoms with Crippen molar-refractivity contribution < 1.29 is 4.79 Å². The van der Waals surface area contributed by atoms with Crippen molar-refractivity contribution in [3.05, 3.63) is 46.7 Å². The van der Waals surface area contributed by atoms with Crippen molar-refractivity contribution in [2.24, 2.45) is 0 Å². The summed E-state index contributed by atoms with van der Waals surface area (Å²) in [4.78, 5) is 23.4. The highest BCUT2D eigenvalue weighted by Gasteiger charge is 2.11. The van der Waals surface area contributed by atoms with Gasteiger partial charge >= 0.3 is 0 Å². The predicted molar refractivity (Wildman–Crippen MR) is 98.5 cm³/mol. The van der Waals surface area contributed by atoms with Gasteiger partial charge < -0.3 is 15.5 Å². The fourth-order valence-corrected chi connectivity index (χ4v) is 2.82. The lowest BCUT2D eigenvalue weighted by molar-refractivity contribution is 0.0969. The van der Waals surface area contributed by atoms with Crippen LogP contribution in [0.2, 0.25) is 0 Å². The molecule has 2 aromatic heterocycles. The summed E-state index contributed by atoms with van der Waals surface area (Å²) in [5, 5.41) is 6.61. The molecule has 0 saturated heterocycles. The van der Waals surface area contributed by atoms with Crippen molar-refractivity contribution in [2.45, 2.75) is 26.8 Å². The van der Waals surface area contributed by atoms with E-state index in [1.54, 1.807) is 6.20 Å². The summed E-state index contributed by atoms with van der Waals surface area (Å²) in [6.07, 6.45) is 6.26. The minimum absolute atomic E-state index is 0.142. The highest BCUT2D eigenvalue weighted by molar-refractivity contribution is 7.17. The Balaban J connectivity index is 1.98. The molecular formula is C17H23N5OS. The molecule has 0 unspecified atom stereocenters. The van der Waals surface area contributed by atoms with Gasteiger partial charge in [-0.05, 0) is 39.1 Å². The molecule has 0 aliphatic carbocycles. The van der Waals surface area contributed by atoms with Crippen LogP contribution in [0.5, 0.6) is 0 Å². The zero-order valence-electron chi connectivity index (χ0n) is 14.5. The second-order valence-corrected chi connectivity index (χ2v) is 6.72. The molecule has 0 fully saturated rings. The number of allylic oxidation sites excluding steroid dienone is 2. The molecule has 1 amide bonds. The van der Waals surface area contributed by atoms with Crippen molar-refractivity contribution in [1.82, 2.24) is 20.2 Å². The topological polar surface area (TPSA) is 70.2 Å². The van der Waals surface area contributed by atoms with E-state index in [2.05, 4.69) is 25.5 Å². The van der Waals surface area contributed by atoms with Gasteiger partial charge in [0.05, 0.1) is 6.20 Å². The summed E-state index contributed by atoms with van der Waals surface area (Å²) in [7, 11) is 4.04. The Kier molecular flexibility index (Phi) is 6.45. The van der Waals surface area contributed by atoms with Crippen LogP contribution in [0.4, 0.5) is 10.9 Å². The van der Waals surface area contributed by atoms with Gasteiger partial charge in [0.15, 0.2) is 5.13 Å². The number of amides is 1. The number of anilines is 2. The third kappa shape index (κ3) is 5.43. The normalized spacial score (nSPS) is 11.6. The van der Waals surface area contributed by atoms with E-state index in [0.29, 0.717) is 15.8 Å². The Morgan fingerprint density at radius 1 is 1.29 bits per heavy atom. The first-order valence-electron chi connectivity index (χ1n) is 7.78. The minimum atomic E-state index is -0.142. The van der Waals surface area contributed by atoms with E-state index >= 15 is 0 Å². The van der Waals surface area contributed by atoms with Crippen molar-refractivity contribution in [3.63, 3.8) is 0 Å². The predicted octanol–water partition coefficient (Wildman–Crippen LogP) is 3.39. The first-order valence-corrected chi connectivity index (χ1v) is 8.60. The van der Waals surface area contributed by atoms with Crippen LogP contribution >= 0.6 is 11.3 Å². The molecule has 2 aromatic rings. The van der Waals surface area contributed by atoms with E-state index in [9.17, 15) is 4.79 Å². The van der Waals surface area contributed by atoms with Gasteiger partial charge in [-0.3, -0.25) is 4.79 Å². The Bertz CT molecular complexity index is 706. The van der Waals surface area contributed by atoms with Crippen LogP contribution in [0.25, 0.3) is 0 Å². The van der Waals surface area contributed by atoms with Crippen molar-refractivity contribution in [3.8, 4) is 0 Å². The third-order valence-electron chi connectivity index (χ3n) is 3.11. The lowest BCUT2D eigenvalue weighted by atomic mass is 10.3. The summed E-state index contributed by atoms with van der Waals surface area (Å²) in [6, 6.07) is 3.93. The molecule has 6 nitrogen and oxygen atoms in total. The average molecular weight is 345 g/mol. The Hall–Kier alpha value is -2.25. The fraction of sp³-hybridized carbons (Fsp3) is 0.353. The van der Waals surface area contributed by atoms with Crippen LogP contribution in [0.3, 0.4) is 0 Å². The number of carbonyl (C=O) groups excluding carboxylic acids is 1. The summed E-state index contributed by atoms with van der Waals surface area (Å²) in [6.45, 7) is 4.75. The molecule has 0 aromatic carbocycles. The third-order valence-corrected chi connectivity index (χ3v) is 4.02. The molecule has 0 spiro atoms. The Morgan fingerprint density at radius 2 is 2.08 bits per heavy atom. The Morgan fingerprint density at radius 3 is 2.71 bits per heavy atom. The molecule has 0 aliphatic heterocycles. The van der Waals surface area contributed by atoms with E-state index < -0.39 is 0 Å². The molecule has 2 rings (SSSR count). The molecule has 24 heavy (non-hydrogen) atoms. The van der Waals surface area contributed by atoms with Crippen molar-refractivity contribution in [1.29, 1.82) is 0 Å². The standard InChI is InChI=1S/C17H23N5OS/c1-5-6-12(2)20-16(23)14-10-19-17(24-14)21-15-8-7-13(9-18-15)11-22(3)4/h6-10H,5,11H2,1-4H3,(H,20,23)(H,18,19,21)/b12-6+. The summed E-state index contributed by atoms with van der Waals surface area (Å²) < 4.78 is 0. The second-order valence-electron chi connectivity index (χ2n) is 5.69. The van der Waals surface area contributed by atoms with E-state index in [1.807, 2.05) is 52.3 Å². The highest BCUT2D eigenvalue weighted by Crippen LogP contribution is 2.22. The second kappa shape index (κ2) is 8.56. The van der Waals surface area contributed by atoms with E-state index in [4.69, 9.17) is 0 Å². The number of nitrogens with one attached hydrogen (secondary N) is 2. The molecule has 0 radical (unpaired) electrons. The lowest BCUT2D eigenvalue weighted by Gasteiger charge is -2.09. The average Bonchev–Trinajstić information content (AvgIpc) is 2.97. The SMILES string of the molecule is CC/C=C(\C)NC(=O)c1cnc(Nc2ccc(CN(C)C)cn2)s1. The van der Waals surface area contributed by atoms with E-state index in [-0.39, 0.29) is 5.91 Å². The number of hydrogen-bond acceptors (Lipinski definition) is 6. The monoisotopic (exact) mass is 345 g/mol. The van der Waals surface area contributed by atoms with Gasteiger partial charge in [-0.15, -0.1) is 0 Å². The smallest absolute Gasteiger partial charge is 0.267 e. The van der Waals surface area contributed by atoms with Crippen LogP contribution in [0, 0.1) is 0 Å². The van der Waals surface area contributed by atoms with Crippen LogP contribution in [-0.2, 0) is 6.54 Å². The number of rotatable bonds is 7. The van der Waals surface area contributed by atoms with Gasteiger partial charge in [0, 0.05) is 18.4 Å². The van der Waals surface area contributed by atoms with Crippen molar-refractivity contribution >= 4 is 28.2 Å². The van der Waals surface area contributed by atoms with Crippen LogP contribution in [-0.4, -0.2) is 34.9 Å². The zero-order valence-corrected chi connectivity index (χ0v) is 15.3. The number of carbonyl (C=O) groups is 1. The number of nitrogens with zero attached hydrogens (tertiary/aromatic N) is 3. The number of pyridine rings is 1. The largest absolute Gasteiger partial charge is 0.326 e. The summed E-state index contributed by atoms with van der Waals surface area (Å²) >= 11 is 1.30. The quantitative estimate of drug-likeness (QED) is 0.805. The number of hydrogen-bond donors (Lipinski definition) is 2. The van der Waals surface area contributed by atoms with Crippen LogP contribution in [0.15, 0.2) is 36.3 Å². The van der Waals surface area contributed by atoms with E-state index in [1.165, 1.54) is 11.3 Å². The number of thiazole rings is 1. The maximum atomic E-state index is 12.1. The maximum Gasteiger partial charge on any atom is 0.267 e. The first-order chi connectivity index (χ1) is 11.5. The highest BCUT2D eigenvalue weighted by atomic mass is 32.1. The summed E-state index contributed by atoms with van der Waals surface area (Å²) in [5.41, 5.74) is 1.99. The summed E-state index contributed by atoms with van der Waals surface area (Å²) in [5.74, 6) is 0.568. The number of aromatic nitrogens is 2. The van der Waals surface area contributed by atoms with Gasteiger partial charge in [0.2, 0.25) is 0 Å². The Labute approximate surface area is 146 Å². The molecular weight excluding hydrogens is 322 g/mol. The molecule has 128 valence electrons. The molecule has 2 heterocycles. The van der Waals surface area contributed by atoms with Crippen LogP contribution < -0.4 is 10.6 Å². The molecule has 7 heteroatoms. The van der Waals surface area contributed by atoms with Gasteiger partial charge in [0.1, 0.15) is 10.7 Å². The molecule has 0 saturated carbocycles. The van der Waals surface area contributed by atoms with Crippen LogP contribution in [0.1, 0.15) is 35.5 Å². The van der Waals surface area contributed by atoms with Gasteiger partial charge in [0.25, 0.3) is 5.91 Å². The molecule has 2 N–H and O–H groups in total. The fourth-order valence-electron chi connectivity index (χ4n) is 2.10. The first kappa shape index (κ1) is 18.1. The lowest BCUT2D eigenvalue weighted by Crippen LogP contribution is -2.20. The molecule has 0 atom stereocenters. The van der Waals surface area contributed by atoms with Gasteiger partial charge in [-0.2, -0.15) is 0 Å². The van der Waals surface area contributed by atoms with Gasteiger partial charge in [-0.1, -0.05) is 30.4 Å².